The number of carboxylic acids is 1. The molecule has 2 unspecified atom stereocenters. The Bertz CT molecular complexity index is 456. The smallest absolute Gasteiger partial charge is 0.309 e. The zero-order chi connectivity index (χ0) is 22.6. The molecule has 0 radical (unpaired) electrons. The van der Waals surface area contributed by atoms with Crippen LogP contribution in [0.3, 0.4) is 0 Å². The maximum atomic E-state index is 12.1. The first-order chi connectivity index (χ1) is 14.4. The highest BCUT2D eigenvalue weighted by Crippen LogP contribution is 2.31. The summed E-state index contributed by atoms with van der Waals surface area (Å²) in [5, 5.41) is 9.21. The average Bonchev–Trinajstić information content (AvgIpc) is 2.70. The van der Waals surface area contributed by atoms with Crippen molar-refractivity contribution in [3.8, 4) is 0 Å². The topological polar surface area (TPSA) is 72.8 Å². The third-order valence-electron chi connectivity index (χ3n) is 5.21. The molecular weight excluding hydrogens is 380 g/mol. The van der Waals surface area contributed by atoms with Gasteiger partial charge in [-0.2, -0.15) is 0 Å². The van der Waals surface area contributed by atoms with Crippen LogP contribution in [0.4, 0.5) is 0 Å². The van der Waals surface area contributed by atoms with Crippen molar-refractivity contribution in [1.82, 2.24) is 0 Å². The van der Waals surface area contributed by atoms with Gasteiger partial charge in [0, 0.05) is 19.6 Å². The van der Waals surface area contributed by atoms with E-state index in [1.165, 1.54) is 50.5 Å². The Labute approximate surface area is 184 Å². The van der Waals surface area contributed by atoms with Crippen LogP contribution in [0, 0.1) is 11.8 Å². The summed E-state index contributed by atoms with van der Waals surface area (Å²) in [6, 6.07) is 0. The van der Waals surface area contributed by atoms with E-state index in [-0.39, 0.29) is 5.97 Å². The molecule has 0 aliphatic heterocycles. The van der Waals surface area contributed by atoms with Gasteiger partial charge in [0.25, 0.3) is 0 Å². The molecule has 0 bridgehead atoms. The zero-order valence-corrected chi connectivity index (χ0v) is 19.8. The van der Waals surface area contributed by atoms with Crippen LogP contribution in [0.2, 0.25) is 0 Å². The van der Waals surface area contributed by atoms with Gasteiger partial charge in [0.05, 0.1) is 18.4 Å². The van der Waals surface area contributed by atoms with Gasteiger partial charge >= 0.3 is 11.9 Å². The number of carboxylic acid groups (broad SMARTS) is 1. The lowest BCUT2D eigenvalue weighted by atomic mass is 9.79. The zero-order valence-electron chi connectivity index (χ0n) is 19.8. The summed E-state index contributed by atoms with van der Waals surface area (Å²) < 4.78 is 10.9. The molecule has 0 amide bonds. The van der Waals surface area contributed by atoms with Crippen LogP contribution >= 0.6 is 0 Å². The second-order valence-corrected chi connectivity index (χ2v) is 8.65. The van der Waals surface area contributed by atoms with Gasteiger partial charge in [0.2, 0.25) is 0 Å². The van der Waals surface area contributed by atoms with E-state index in [1.54, 1.807) is 0 Å². The largest absolute Gasteiger partial charge is 0.481 e. The maximum absolute atomic E-state index is 12.1. The Balaban J connectivity index is 0.00000192. The van der Waals surface area contributed by atoms with E-state index in [2.05, 4.69) is 13.5 Å². The van der Waals surface area contributed by atoms with Crippen molar-refractivity contribution in [2.45, 2.75) is 104 Å². The van der Waals surface area contributed by atoms with Gasteiger partial charge in [-0.1, -0.05) is 70.3 Å². The first kappa shape index (κ1) is 28.6. The van der Waals surface area contributed by atoms with Crippen molar-refractivity contribution >= 4 is 11.9 Å². The summed E-state index contributed by atoms with van der Waals surface area (Å²) in [5.74, 6) is -2.27. The molecule has 0 heterocycles. The van der Waals surface area contributed by atoms with E-state index in [4.69, 9.17) is 9.47 Å². The van der Waals surface area contributed by atoms with E-state index in [9.17, 15) is 14.7 Å². The van der Waals surface area contributed by atoms with Crippen LogP contribution in [0.15, 0.2) is 12.2 Å². The normalized spacial score (nSPS) is 18.2. The molecule has 1 aliphatic carbocycles. The van der Waals surface area contributed by atoms with Crippen LogP contribution < -0.4 is 0 Å². The van der Waals surface area contributed by atoms with Gasteiger partial charge in [-0.05, 0) is 33.1 Å². The molecule has 1 N–H and O–H groups in total. The Morgan fingerprint density at radius 2 is 1.33 bits per heavy atom. The summed E-state index contributed by atoms with van der Waals surface area (Å²) in [6.45, 7) is 11.4. The second-order valence-electron chi connectivity index (χ2n) is 8.65. The number of allylic oxidation sites excluding steroid dienone is 1. The van der Waals surface area contributed by atoms with E-state index in [0.717, 1.165) is 25.9 Å². The van der Waals surface area contributed by atoms with Crippen molar-refractivity contribution in [2.75, 3.05) is 19.8 Å². The predicted octanol–water partition coefficient (Wildman–Crippen LogP) is 6.55. The fourth-order valence-corrected chi connectivity index (χ4v) is 3.59. The number of carbonyl (C=O) groups is 2. The van der Waals surface area contributed by atoms with E-state index in [1.807, 2.05) is 13.8 Å². The summed E-state index contributed by atoms with van der Waals surface area (Å²) >= 11 is 0. The monoisotopic (exact) mass is 426 g/mol. The van der Waals surface area contributed by atoms with E-state index in [0.29, 0.717) is 32.5 Å². The molecule has 0 aromatic rings. The van der Waals surface area contributed by atoms with Crippen molar-refractivity contribution in [3.63, 3.8) is 0 Å². The number of hydrogen-bond donors (Lipinski definition) is 1. The van der Waals surface area contributed by atoms with Crippen LogP contribution in [0.5, 0.6) is 0 Å². The quantitative estimate of drug-likeness (QED) is 0.183. The summed E-state index contributed by atoms with van der Waals surface area (Å²) in [6.07, 6.45) is 14.0. The van der Waals surface area contributed by atoms with Gasteiger partial charge < -0.3 is 14.6 Å². The first-order valence-corrected chi connectivity index (χ1v) is 12.0. The minimum Gasteiger partial charge on any atom is -0.481 e. The molecule has 30 heavy (non-hydrogen) atoms. The Kier molecular flexibility index (Phi) is 18.7. The number of ether oxygens (including phenoxy) is 2. The molecule has 5 heteroatoms. The lowest BCUT2D eigenvalue weighted by Gasteiger charge is -2.26. The van der Waals surface area contributed by atoms with Crippen LogP contribution in [0.25, 0.3) is 0 Å². The molecule has 0 aromatic heterocycles. The van der Waals surface area contributed by atoms with Crippen LogP contribution in [-0.2, 0) is 19.1 Å². The fourth-order valence-electron chi connectivity index (χ4n) is 3.59. The Morgan fingerprint density at radius 1 is 0.833 bits per heavy atom. The average molecular weight is 427 g/mol. The molecule has 0 spiro atoms. The Hall–Kier alpha value is -1.36. The molecule has 1 fully saturated rings. The number of aliphatic carboxylic acids is 1. The van der Waals surface area contributed by atoms with Gasteiger partial charge in [0.1, 0.15) is 0 Å². The number of unbranched alkanes of at least 4 members (excludes halogenated alkanes) is 7. The molecule has 5 nitrogen and oxygen atoms in total. The van der Waals surface area contributed by atoms with Crippen molar-refractivity contribution in [2.24, 2.45) is 11.8 Å². The van der Waals surface area contributed by atoms with Gasteiger partial charge in [0.15, 0.2) is 0 Å². The van der Waals surface area contributed by atoms with Gasteiger partial charge in [-0.25, -0.2) is 0 Å². The highest BCUT2D eigenvalue weighted by atomic mass is 16.5. The molecule has 1 saturated carbocycles. The molecule has 0 saturated heterocycles. The molecule has 0 aromatic carbocycles. The number of esters is 1. The molecular formula is C25H46O5. The minimum absolute atomic E-state index is 0.319. The third-order valence-corrected chi connectivity index (χ3v) is 5.21. The lowest BCUT2D eigenvalue weighted by molar-refractivity contribution is -0.160. The predicted molar refractivity (Wildman–Crippen MR) is 123 cm³/mol. The molecule has 2 atom stereocenters. The number of hydrogen-bond acceptors (Lipinski definition) is 4. The van der Waals surface area contributed by atoms with E-state index < -0.39 is 17.8 Å². The highest BCUT2D eigenvalue weighted by Gasteiger charge is 2.36. The molecule has 1 aliphatic rings. The molecule has 176 valence electrons. The van der Waals surface area contributed by atoms with Gasteiger partial charge in [-0.15, -0.1) is 6.58 Å². The van der Waals surface area contributed by atoms with Gasteiger partial charge in [-0.3, -0.25) is 9.59 Å². The highest BCUT2D eigenvalue weighted by molar-refractivity contribution is 5.81. The Morgan fingerprint density at radius 3 is 1.90 bits per heavy atom. The minimum atomic E-state index is -0.875. The van der Waals surface area contributed by atoms with Crippen molar-refractivity contribution in [3.05, 3.63) is 12.2 Å². The number of rotatable bonds is 15. The lowest BCUT2D eigenvalue weighted by Crippen LogP contribution is -2.34. The van der Waals surface area contributed by atoms with Crippen LogP contribution in [-0.4, -0.2) is 36.9 Å². The van der Waals surface area contributed by atoms with Crippen LogP contribution in [0.1, 0.15) is 104 Å². The SMILES string of the molecule is C=C(C)C.CCCCCCCCCCOCCCOC(=O)C1CCCCC1C(=O)O. The fraction of sp³-hybridized carbons (Fsp3) is 0.840. The van der Waals surface area contributed by atoms with E-state index >= 15 is 0 Å². The summed E-state index contributed by atoms with van der Waals surface area (Å²) in [5.41, 5.74) is 1.17. The number of carbonyl (C=O) groups excluding carboxylic acids is 1. The molecule has 1 rings (SSSR count). The standard InChI is InChI=1S/C21H38O5.C4H8/c1-2-3-4-5-6-7-8-11-15-25-16-12-17-26-21(24)19-14-10-9-13-18(19)20(22)23;1-4(2)3/h18-19H,2-17H2,1H3,(H,22,23);1H2,2-3H3. The summed E-state index contributed by atoms with van der Waals surface area (Å²) in [7, 11) is 0. The maximum Gasteiger partial charge on any atom is 0.309 e. The first-order valence-electron chi connectivity index (χ1n) is 12.0. The second kappa shape index (κ2) is 19.6. The summed E-state index contributed by atoms with van der Waals surface area (Å²) in [4.78, 5) is 23.3. The van der Waals surface area contributed by atoms with Crippen molar-refractivity contribution in [1.29, 1.82) is 0 Å². The third kappa shape index (κ3) is 16.4. The van der Waals surface area contributed by atoms with Crippen molar-refractivity contribution < 1.29 is 24.2 Å².